The molecule has 23 heavy (non-hydrogen) atoms. The first-order valence-electron chi connectivity index (χ1n) is 7.01. The highest BCUT2D eigenvalue weighted by Crippen LogP contribution is 2.45. The van der Waals surface area contributed by atoms with Gasteiger partial charge in [-0.25, -0.2) is 0 Å². The number of hydrogen-bond donors (Lipinski definition) is 2. The SMILES string of the molecule is O=C1N[C@@H](c2ccc(Cl)cc2)S/C1=C1/C(=O)Nc2ccccc21. The van der Waals surface area contributed by atoms with Crippen LogP contribution in [0.4, 0.5) is 5.69 Å². The third kappa shape index (κ3) is 2.42. The number of anilines is 1. The standard InChI is InChI=1S/C17H11ClN2O2S/c18-10-7-5-9(6-8-10)17-20-16(22)14(23-17)13-11-3-1-2-4-12(11)19-15(13)21/h1-8,17H,(H,19,21)(H,20,22)/b14-13+/t17-/m1/s1. The van der Waals surface area contributed by atoms with Crippen LogP contribution in [0, 0.1) is 0 Å². The van der Waals surface area contributed by atoms with Gasteiger partial charge in [0.05, 0.1) is 10.5 Å². The summed E-state index contributed by atoms with van der Waals surface area (Å²) in [4.78, 5) is 25.1. The molecule has 0 aromatic heterocycles. The number of thioether (sulfide) groups is 1. The summed E-state index contributed by atoms with van der Waals surface area (Å²) in [7, 11) is 0. The quantitative estimate of drug-likeness (QED) is 0.779. The van der Waals surface area contributed by atoms with Crippen molar-refractivity contribution in [3.05, 3.63) is 69.6 Å². The molecule has 2 aromatic rings. The normalized spacial score (nSPS) is 22.7. The first kappa shape index (κ1) is 14.4. The van der Waals surface area contributed by atoms with Gasteiger partial charge in [-0.15, -0.1) is 0 Å². The van der Waals surface area contributed by atoms with Crippen LogP contribution < -0.4 is 10.6 Å². The smallest absolute Gasteiger partial charge is 0.259 e. The van der Waals surface area contributed by atoms with Crippen molar-refractivity contribution in [1.29, 1.82) is 0 Å². The Morgan fingerprint density at radius 3 is 2.48 bits per heavy atom. The van der Waals surface area contributed by atoms with E-state index in [0.717, 1.165) is 16.8 Å². The van der Waals surface area contributed by atoms with Crippen molar-refractivity contribution in [3.8, 4) is 0 Å². The van der Waals surface area contributed by atoms with Crippen LogP contribution in [-0.4, -0.2) is 11.8 Å². The van der Waals surface area contributed by atoms with Crippen molar-refractivity contribution in [1.82, 2.24) is 5.32 Å². The van der Waals surface area contributed by atoms with E-state index < -0.39 is 0 Å². The van der Waals surface area contributed by atoms with Crippen LogP contribution in [0.2, 0.25) is 5.02 Å². The summed E-state index contributed by atoms with van der Waals surface area (Å²) in [5.41, 5.74) is 2.89. The maximum atomic E-state index is 12.4. The van der Waals surface area contributed by atoms with Crippen LogP contribution in [0.3, 0.4) is 0 Å². The van der Waals surface area contributed by atoms with Crippen LogP contribution >= 0.6 is 23.4 Å². The molecule has 1 fully saturated rings. The first-order valence-corrected chi connectivity index (χ1v) is 8.27. The second-order valence-electron chi connectivity index (χ2n) is 5.23. The van der Waals surface area contributed by atoms with Crippen molar-refractivity contribution in [2.24, 2.45) is 0 Å². The van der Waals surface area contributed by atoms with E-state index in [1.165, 1.54) is 11.8 Å². The van der Waals surface area contributed by atoms with Gasteiger partial charge in [-0.3, -0.25) is 9.59 Å². The second kappa shape index (κ2) is 5.44. The fourth-order valence-electron chi connectivity index (χ4n) is 2.69. The number of amides is 2. The Kier molecular flexibility index (Phi) is 3.39. The molecule has 2 heterocycles. The molecule has 0 aliphatic carbocycles. The number of para-hydroxylation sites is 1. The lowest BCUT2D eigenvalue weighted by Gasteiger charge is -2.08. The predicted molar refractivity (Wildman–Crippen MR) is 91.9 cm³/mol. The summed E-state index contributed by atoms with van der Waals surface area (Å²) in [5, 5.41) is 6.14. The fraction of sp³-hybridized carbons (Fsp3) is 0.0588. The summed E-state index contributed by atoms with van der Waals surface area (Å²) >= 11 is 7.26. The van der Waals surface area contributed by atoms with Gasteiger partial charge in [0.2, 0.25) is 0 Å². The second-order valence-corrected chi connectivity index (χ2v) is 6.78. The average molecular weight is 343 g/mol. The molecule has 4 nitrogen and oxygen atoms in total. The number of rotatable bonds is 1. The van der Waals surface area contributed by atoms with E-state index in [-0.39, 0.29) is 17.2 Å². The monoisotopic (exact) mass is 342 g/mol. The zero-order valence-corrected chi connectivity index (χ0v) is 13.4. The molecule has 2 aliphatic rings. The number of fused-ring (bicyclic) bond motifs is 1. The summed E-state index contributed by atoms with van der Waals surface area (Å²) in [6.07, 6.45) is 0. The van der Waals surface area contributed by atoms with Crippen molar-refractivity contribution < 1.29 is 9.59 Å². The third-order valence-corrected chi connectivity index (χ3v) is 5.28. The number of benzene rings is 2. The minimum Gasteiger partial charge on any atom is -0.335 e. The van der Waals surface area contributed by atoms with Crippen LogP contribution in [-0.2, 0) is 9.59 Å². The van der Waals surface area contributed by atoms with Crippen LogP contribution in [0.15, 0.2) is 53.4 Å². The summed E-state index contributed by atoms with van der Waals surface area (Å²) in [6, 6.07) is 14.7. The lowest BCUT2D eigenvalue weighted by molar-refractivity contribution is -0.117. The molecule has 0 saturated carbocycles. The predicted octanol–water partition coefficient (Wildman–Crippen LogP) is 3.57. The lowest BCUT2D eigenvalue weighted by Crippen LogP contribution is -2.19. The molecule has 0 spiro atoms. The molecule has 1 atom stereocenters. The molecule has 1 saturated heterocycles. The summed E-state index contributed by atoms with van der Waals surface area (Å²) in [5.74, 6) is -0.461. The molecule has 2 amide bonds. The van der Waals surface area contributed by atoms with E-state index in [9.17, 15) is 9.59 Å². The zero-order chi connectivity index (χ0) is 16.0. The van der Waals surface area contributed by atoms with E-state index in [1.807, 2.05) is 36.4 Å². The Morgan fingerprint density at radius 1 is 0.957 bits per heavy atom. The van der Waals surface area contributed by atoms with Crippen LogP contribution in [0.5, 0.6) is 0 Å². The van der Waals surface area contributed by atoms with E-state index in [0.29, 0.717) is 15.5 Å². The van der Waals surface area contributed by atoms with Gasteiger partial charge in [0.15, 0.2) is 0 Å². The minimum absolute atomic E-state index is 0.220. The number of carbonyl (C=O) groups is 2. The number of halogens is 1. The molecule has 114 valence electrons. The number of hydrogen-bond acceptors (Lipinski definition) is 3. The molecular weight excluding hydrogens is 332 g/mol. The van der Waals surface area contributed by atoms with E-state index in [2.05, 4.69) is 10.6 Å². The molecule has 4 rings (SSSR count). The molecule has 2 aliphatic heterocycles. The van der Waals surface area contributed by atoms with Crippen molar-refractivity contribution in [3.63, 3.8) is 0 Å². The molecule has 2 N–H and O–H groups in total. The maximum absolute atomic E-state index is 12.4. The van der Waals surface area contributed by atoms with Gasteiger partial charge in [0.1, 0.15) is 5.37 Å². The molecule has 0 unspecified atom stereocenters. The zero-order valence-electron chi connectivity index (χ0n) is 11.8. The fourth-order valence-corrected chi connectivity index (χ4v) is 4.00. The van der Waals surface area contributed by atoms with Crippen molar-refractivity contribution in [2.45, 2.75) is 5.37 Å². The highest BCUT2D eigenvalue weighted by molar-refractivity contribution is 8.05. The highest BCUT2D eigenvalue weighted by atomic mass is 35.5. The van der Waals surface area contributed by atoms with Gasteiger partial charge < -0.3 is 10.6 Å². The Labute approximate surface area is 141 Å². The molecular formula is C17H11ClN2O2S. The third-order valence-electron chi connectivity index (χ3n) is 3.78. The maximum Gasteiger partial charge on any atom is 0.259 e. The van der Waals surface area contributed by atoms with Gasteiger partial charge in [0.25, 0.3) is 11.8 Å². The molecule has 6 heteroatoms. The summed E-state index contributed by atoms with van der Waals surface area (Å²) < 4.78 is 0. The topological polar surface area (TPSA) is 58.2 Å². The Bertz CT molecular complexity index is 861. The highest BCUT2D eigenvalue weighted by Gasteiger charge is 2.36. The minimum atomic E-state index is -0.236. The summed E-state index contributed by atoms with van der Waals surface area (Å²) in [6.45, 7) is 0. The van der Waals surface area contributed by atoms with E-state index >= 15 is 0 Å². The number of carbonyl (C=O) groups excluding carboxylic acids is 2. The van der Waals surface area contributed by atoms with E-state index in [4.69, 9.17) is 11.6 Å². The van der Waals surface area contributed by atoms with E-state index in [1.54, 1.807) is 12.1 Å². The molecule has 2 aromatic carbocycles. The molecule has 0 radical (unpaired) electrons. The average Bonchev–Trinajstić information content (AvgIpc) is 3.07. The van der Waals surface area contributed by atoms with Crippen molar-refractivity contribution in [2.75, 3.05) is 5.32 Å². The largest absolute Gasteiger partial charge is 0.335 e. The lowest BCUT2D eigenvalue weighted by atomic mass is 10.1. The van der Waals surface area contributed by atoms with Gasteiger partial charge >= 0.3 is 0 Å². The first-order chi connectivity index (χ1) is 11.1. The van der Waals surface area contributed by atoms with Gasteiger partial charge in [0, 0.05) is 16.3 Å². The van der Waals surface area contributed by atoms with Gasteiger partial charge in [-0.2, -0.15) is 0 Å². The van der Waals surface area contributed by atoms with Gasteiger partial charge in [-0.1, -0.05) is 53.7 Å². The number of nitrogens with one attached hydrogen (secondary N) is 2. The Balaban J connectivity index is 1.74. The molecule has 0 bridgehead atoms. The Morgan fingerprint density at radius 2 is 1.70 bits per heavy atom. The van der Waals surface area contributed by atoms with Gasteiger partial charge in [-0.05, 0) is 23.8 Å². The van der Waals surface area contributed by atoms with Crippen molar-refractivity contribution >= 4 is 46.4 Å². The van der Waals surface area contributed by atoms with Crippen LogP contribution in [0.1, 0.15) is 16.5 Å². The Hall–Kier alpha value is -2.24. The van der Waals surface area contributed by atoms with Crippen LogP contribution in [0.25, 0.3) is 5.57 Å².